The summed E-state index contributed by atoms with van der Waals surface area (Å²) >= 11 is 17.0. The molecule has 0 aliphatic carbocycles. The fourth-order valence-electron chi connectivity index (χ4n) is 1.81. The largest absolute Gasteiger partial charge is 0.233 e. The molecule has 0 saturated carbocycles. The van der Waals surface area contributed by atoms with Gasteiger partial charge in [-0.15, -0.1) is 16.4 Å². The Hall–Kier alpha value is -0.880. The molecule has 0 unspecified atom stereocenters. The highest BCUT2D eigenvalue weighted by Gasteiger charge is 2.15. The van der Waals surface area contributed by atoms with Gasteiger partial charge in [0.05, 0.1) is 25.1 Å². The third-order valence-corrected chi connectivity index (χ3v) is 4.84. The number of aromatic nitrogens is 2. The van der Waals surface area contributed by atoms with E-state index in [0.29, 0.717) is 21.4 Å². The lowest BCUT2D eigenvalue weighted by Gasteiger charge is -2.08. The first kappa shape index (κ1) is 14.1. The maximum atomic E-state index is 13.6. The molecule has 0 aliphatic rings. The second-order valence-electron chi connectivity index (χ2n) is 3.96. The van der Waals surface area contributed by atoms with E-state index in [9.17, 15) is 4.39 Å². The number of benzene rings is 1. The van der Waals surface area contributed by atoms with Gasteiger partial charge < -0.3 is 0 Å². The van der Waals surface area contributed by atoms with Crippen molar-refractivity contribution < 1.29 is 4.39 Å². The predicted octanol–water partition coefficient (Wildman–Crippen LogP) is 5.81. The topological polar surface area (TPSA) is 17.8 Å². The van der Waals surface area contributed by atoms with E-state index in [0.717, 1.165) is 8.66 Å². The Bertz CT molecular complexity index is 785. The average molecular weight is 392 g/mol. The summed E-state index contributed by atoms with van der Waals surface area (Å²) in [4.78, 5) is 0.879. The number of nitrogens with zero attached hydrogens (tertiary/aromatic N) is 2. The Morgan fingerprint density at radius 3 is 2.65 bits per heavy atom. The molecule has 3 rings (SSSR count). The second-order valence-corrected chi connectivity index (χ2v) is 7.27. The lowest BCUT2D eigenvalue weighted by atomic mass is 10.3. The Kier molecular flexibility index (Phi) is 3.86. The average Bonchev–Trinajstić information content (AvgIpc) is 2.98. The predicted molar refractivity (Wildman–Crippen MR) is 84.6 cm³/mol. The van der Waals surface area contributed by atoms with Gasteiger partial charge in [0, 0.05) is 11.1 Å². The molecule has 3 aromatic rings. The van der Waals surface area contributed by atoms with Crippen LogP contribution in [0.2, 0.25) is 10.0 Å². The molecule has 0 N–H and O–H groups in total. The van der Waals surface area contributed by atoms with Crippen LogP contribution >= 0.6 is 50.5 Å². The molecule has 0 fully saturated rings. The molecule has 0 amide bonds. The summed E-state index contributed by atoms with van der Waals surface area (Å²) in [5, 5.41) is 4.83. The van der Waals surface area contributed by atoms with Crippen LogP contribution in [0.15, 0.2) is 40.2 Å². The van der Waals surface area contributed by atoms with Gasteiger partial charge in [-0.2, -0.15) is 4.39 Å². The standard InChI is InChI=1S/C13H6BrCl2FN2S/c14-12-4-3-11(20-12)10-6-13(17)18-19(10)9-5-7(15)1-2-8(9)16/h1-6H. The minimum absolute atomic E-state index is 0.453. The first-order chi connectivity index (χ1) is 9.54. The zero-order valence-electron chi connectivity index (χ0n) is 9.78. The smallest absolute Gasteiger partial charge is 0.228 e. The highest BCUT2D eigenvalue weighted by molar-refractivity contribution is 9.11. The summed E-state index contributed by atoms with van der Waals surface area (Å²) in [5.74, 6) is -0.569. The zero-order chi connectivity index (χ0) is 14.3. The quantitative estimate of drug-likeness (QED) is 0.539. The van der Waals surface area contributed by atoms with Gasteiger partial charge in [0.1, 0.15) is 0 Å². The van der Waals surface area contributed by atoms with Crippen LogP contribution in [0.5, 0.6) is 0 Å². The second kappa shape index (κ2) is 5.48. The minimum Gasteiger partial charge on any atom is -0.228 e. The molecular weight excluding hydrogens is 386 g/mol. The maximum absolute atomic E-state index is 13.6. The first-order valence-corrected chi connectivity index (χ1v) is 7.88. The van der Waals surface area contributed by atoms with Gasteiger partial charge in [0.25, 0.3) is 0 Å². The SMILES string of the molecule is Fc1cc(-c2ccc(Br)s2)n(-c2cc(Cl)ccc2Cl)n1. The van der Waals surface area contributed by atoms with Crippen LogP contribution in [0.4, 0.5) is 4.39 Å². The van der Waals surface area contributed by atoms with E-state index in [1.54, 1.807) is 18.2 Å². The molecule has 0 aliphatic heterocycles. The van der Waals surface area contributed by atoms with Crippen molar-refractivity contribution in [1.29, 1.82) is 0 Å². The third kappa shape index (κ3) is 2.63. The molecule has 2 heterocycles. The highest BCUT2D eigenvalue weighted by atomic mass is 79.9. The first-order valence-electron chi connectivity index (χ1n) is 5.51. The number of rotatable bonds is 2. The summed E-state index contributed by atoms with van der Waals surface area (Å²) in [5.41, 5.74) is 1.17. The third-order valence-electron chi connectivity index (χ3n) is 2.64. The number of halogens is 4. The molecule has 1 aromatic carbocycles. The van der Waals surface area contributed by atoms with Gasteiger partial charge in [-0.05, 0) is 46.3 Å². The van der Waals surface area contributed by atoms with Crippen molar-refractivity contribution in [3.63, 3.8) is 0 Å². The lowest BCUT2D eigenvalue weighted by Crippen LogP contribution is -1.99. The van der Waals surface area contributed by atoms with Crippen molar-refractivity contribution in [3.05, 3.63) is 56.2 Å². The molecule has 0 bridgehead atoms. The van der Waals surface area contributed by atoms with Crippen molar-refractivity contribution >= 4 is 50.5 Å². The van der Waals surface area contributed by atoms with E-state index in [4.69, 9.17) is 23.2 Å². The summed E-state index contributed by atoms with van der Waals surface area (Å²) in [6.07, 6.45) is 0. The van der Waals surface area contributed by atoms with Crippen molar-refractivity contribution in [2.24, 2.45) is 0 Å². The molecular formula is C13H6BrCl2FN2S. The molecule has 0 spiro atoms. The Morgan fingerprint density at radius 2 is 1.95 bits per heavy atom. The Labute approximate surface area is 136 Å². The van der Waals surface area contributed by atoms with Gasteiger partial charge >= 0.3 is 0 Å². The monoisotopic (exact) mass is 390 g/mol. The number of hydrogen-bond acceptors (Lipinski definition) is 2. The van der Waals surface area contributed by atoms with Crippen molar-refractivity contribution in [3.8, 4) is 16.3 Å². The lowest BCUT2D eigenvalue weighted by molar-refractivity contribution is 0.566. The van der Waals surface area contributed by atoms with Gasteiger partial charge in [-0.1, -0.05) is 23.2 Å². The number of hydrogen-bond donors (Lipinski definition) is 0. The van der Waals surface area contributed by atoms with Crippen LogP contribution in [0.25, 0.3) is 16.3 Å². The molecule has 7 heteroatoms. The van der Waals surface area contributed by atoms with Crippen LogP contribution in [0, 0.1) is 5.95 Å². The van der Waals surface area contributed by atoms with E-state index in [2.05, 4.69) is 21.0 Å². The fraction of sp³-hybridized carbons (Fsp3) is 0. The van der Waals surface area contributed by atoms with Crippen molar-refractivity contribution in [1.82, 2.24) is 9.78 Å². The van der Waals surface area contributed by atoms with Gasteiger partial charge in [0.2, 0.25) is 5.95 Å². The van der Waals surface area contributed by atoms with Crippen LogP contribution in [-0.4, -0.2) is 9.78 Å². The van der Waals surface area contributed by atoms with E-state index >= 15 is 0 Å². The highest BCUT2D eigenvalue weighted by Crippen LogP contribution is 2.34. The van der Waals surface area contributed by atoms with Crippen LogP contribution < -0.4 is 0 Å². The molecule has 102 valence electrons. The molecule has 0 radical (unpaired) electrons. The summed E-state index contributed by atoms with van der Waals surface area (Å²) < 4.78 is 16.0. The normalized spacial score (nSPS) is 11.0. The minimum atomic E-state index is -0.569. The van der Waals surface area contributed by atoms with E-state index in [-0.39, 0.29) is 0 Å². The van der Waals surface area contributed by atoms with E-state index in [1.807, 2.05) is 12.1 Å². The summed E-state index contributed by atoms with van der Waals surface area (Å²) in [6, 6.07) is 10.1. The Morgan fingerprint density at radius 1 is 1.15 bits per heavy atom. The Balaban J connectivity index is 2.22. The van der Waals surface area contributed by atoms with E-state index < -0.39 is 5.95 Å². The van der Waals surface area contributed by atoms with Gasteiger partial charge in [0.15, 0.2) is 0 Å². The maximum Gasteiger partial charge on any atom is 0.233 e. The molecule has 2 nitrogen and oxygen atoms in total. The molecule has 0 saturated heterocycles. The molecule has 0 atom stereocenters. The molecule has 20 heavy (non-hydrogen) atoms. The van der Waals surface area contributed by atoms with Crippen LogP contribution in [-0.2, 0) is 0 Å². The van der Waals surface area contributed by atoms with Gasteiger partial charge in [-0.3, -0.25) is 0 Å². The number of thiophene rings is 1. The van der Waals surface area contributed by atoms with Crippen LogP contribution in [0.3, 0.4) is 0 Å². The molecule has 2 aromatic heterocycles. The summed E-state index contributed by atoms with van der Waals surface area (Å²) in [7, 11) is 0. The van der Waals surface area contributed by atoms with Crippen molar-refractivity contribution in [2.45, 2.75) is 0 Å². The van der Waals surface area contributed by atoms with E-state index in [1.165, 1.54) is 22.1 Å². The fourth-order valence-corrected chi connectivity index (χ4v) is 3.56. The van der Waals surface area contributed by atoms with Gasteiger partial charge in [-0.25, -0.2) is 4.68 Å². The van der Waals surface area contributed by atoms with Crippen molar-refractivity contribution in [2.75, 3.05) is 0 Å². The zero-order valence-corrected chi connectivity index (χ0v) is 13.7. The summed E-state index contributed by atoms with van der Waals surface area (Å²) in [6.45, 7) is 0. The van der Waals surface area contributed by atoms with Crippen LogP contribution in [0.1, 0.15) is 0 Å².